The van der Waals surface area contributed by atoms with Crippen molar-refractivity contribution in [1.29, 1.82) is 0 Å². The van der Waals surface area contributed by atoms with Crippen molar-refractivity contribution in [1.82, 2.24) is 4.90 Å². The number of nitrogens with zero attached hydrogens (tertiary/aromatic N) is 1. The number of imide groups is 1. The van der Waals surface area contributed by atoms with Crippen LogP contribution in [0.1, 0.15) is 52.8 Å². The van der Waals surface area contributed by atoms with E-state index in [4.69, 9.17) is 4.74 Å². The molecule has 0 unspecified atom stereocenters. The Morgan fingerprint density at radius 3 is 2.34 bits per heavy atom. The second-order valence-electron chi connectivity index (χ2n) is 7.51. The second-order valence-corrected chi connectivity index (χ2v) is 7.51. The third kappa shape index (κ3) is 4.16. The second kappa shape index (κ2) is 8.47. The zero-order valence-electron chi connectivity index (χ0n) is 16.2. The molecule has 2 aliphatic rings. The van der Waals surface area contributed by atoms with Crippen molar-refractivity contribution in [3.63, 3.8) is 0 Å². The molecule has 4 rings (SSSR count). The van der Waals surface area contributed by atoms with Crippen molar-refractivity contribution in [2.45, 2.75) is 32.1 Å². The molecule has 0 atom stereocenters. The fourth-order valence-corrected chi connectivity index (χ4v) is 3.97. The lowest BCUT2D eigenvalue weighted by molar-refractivity contribution is -0.120. The predicted molar refractivity (Wildman–Crippen MR) is 109 cm³/mol. The van der Waals surface area contributed by atoms with Gasteiger partial charge in [0.05, 0.1) is 17.7 Å². The molecule has 29 heavy (non-hydrogen) atoms. The van der Waals surface area contributed by atoms with Gasteiger partial charge in [-0.3, -0.25) is 19.3 Å². The minimum Gasteiger partial charge on any atom is -0.492 e. The number of carbonyl (C=O) groups is 3. The van der Waals surface area contributed by atoms with Crippen molar-refractivity contribution >= 4 is 23.4 Å². The lowest BCUT2D eigenvalue weighted by Gasteiger charge is -2.21. The molecule has 1 fully saturated rings. The lowest BCUT2D eigenvalue weighted by Crippen LogP contribution is -2.33. The van der Waals surface area contributed by atoms with Crippen LogP contribution in [0.4, 0.5) is 5.69 Å². The Morgan fingerprint density at radius 1 is 0.966 bits per heavy atom. The summed E-state index contributed by atoms with van der Waals surface area (Å²) in [7, 11) is 0. The first-order valence-electron chi connectivity index (χ1n) is 10.1. The van der Waals surface area contributed by atoms with E-state index in [0.29, 0.717) is 22.6 Å². The SMILES string of the molecule is O=C(Nc1cccc(OCCN2C(=O)c3ccccc3C2=O)c1)C1CCCCC1. The minimum atomic E-state index is -0.289. The number of carbonyl (C=O) groups excluding carboxylic acids is 3. The number of benzene rings is 2. The quantitative estimate of drug-likeness (QED) is 0.757. The van der Waals surface area contributed by atoms with Crippen LogP contribution in [-0.4, -0.2) is 35.8 Å². The zero-order chi connectivity index (χ0) is 20.2. The standard InChI is InChI=1S/C23H24N2O4/c26-21(16-7-2-1-3-8-16)24-17-9-6-10-18(15-17)29-14-13-25-22(27)19-11-4-5-12-20(19)23(25)28/h4-6,9-12,15-16H,1-3,7-8,13-14H2,(H,24,26). The predicted octanol–water partition coefficient (Wildman–Crippen LogP) is 3.88. The molecule has 1 heterocycles. The van der Waals surface area contributed by atoms with Gasteiger partial charge in [-0.25, -0.2) is 0 Å². The fraction of sp³-hybridized carbons (Fsp3) is 0.348. The average molecular weight is 392 g/mol. The van der Waals surface area contributed by atoms with Crippen molar-refractivity contribution in [3.05, 3.63) is 59.7 Å². The molecule has 1 aliphatic heterocycles. The molecule has 0 saturated heterocycles. The molecule has 0 radical (unpaired) electrons. The van der Waals surface area contributed by atoms with Gasteiger partial charge in [-0.2, -0.15) is 0 Å². The van der Waals surface area contributed by atoms with Crippen LogP contribution in [0.3, 0.4) is 0 Å². The van der Waals surface area contributed by atoms with E-state index in [-0.39, 0.29) is 36.8 Å². The van der Waals surface area contributed by atoms with Crippen LogP contribution in [0, 0.1) is 5.92 Å². The topological polar surface area (TPSA) is 75.7 Å². The van der Waals surface area contributed by atoms with Gasteiger partial charge in [0.2, 0.25) is 5.91 Å². The van der Waals surface area contributed by atoms with E-state index in [0.717, 1.165) is 25.7 Å². The maximum absolute atomic E-state index is 12.4. The number of amides is 3. The summed E-state index contributed by atoms with van der Waals surface area (Å²) < 4.78 is 5.73. The Hall–Kier alpha value is -3.15. The van der Waals surface area contributed by atoms with E-state index < -0.39 is 0 Å². The van der Waals surface area contributed by atoms with Gasteiger partial charge in [-0.05, 0) is 37.1 Å². The van der Waals surface area contributed by atoms with E-state index in [2.05, 4.69) is 5.32 Å². The maximum Gasteiger partial charge on any atom is 0.261 e. The Bertz CT molecular complexity index is 899. The number of hydrogen-bond acceptors (Lipinski definition) is 4. The summed E-state index contributed by atoms with van der Waals surface area (Å²) in [5.41, 5.74) is 1.56. The van der Waals surface area contributed by atoms with Crippen LogP contribution in [0.2, 0.25) is 0 Å². The van der Waals surface area contributed by atoms with E-state index in [1.165, 1.54) is 11.3 Å². The van der Waals surface area contributed by atoms with Crippen molar-refractivity contribution in [3.8, 4) is 5.75 Å². The van der Waals surface area contributed by atoms with E-state index in [1.807, 2.05) is 12.1 Å². The number of fused-ring (bicyclic) bond motifs is 1. The summed E-state index contributed by atoms with van der Waals surface area (Å²) >= 11 is 0. The van der Waals surface area contributed by atoms with Crippen LogP contribution in [0.5, 0.6) is 5.75 Å². The van der Waals surface area contributed by atoms with Gasteiger partial charge in [0.25, 0.3) is 11.8 Å². The average Bonchev–Trinajstić information content (AvgIpc) is 3.00. The van der Waals surface area contributed by atoms with Crippen molar-refractivity contribution in [2.24, 2.45) is 5.92 Å². The molecule has 0 spiro atoms. The van der Waals surface area contributed by atoms with Gasteiger partial charge in [-0.1, -0.05) is 37.5 Å². The number of anilines is 1. The van der Waals surface area contributed by atoms with Gasteiger partial charge in [0.1, 0.15) is 12.4 Å². The van der Waals surface area contributed by atoms with Crippen LogP contribution in [0.15, 0.2) is 48.5 Å². The zero-order valence-corrected chi connectivity index (χ0v) is 16.2. The number of nitrogens with one attached hydrogen (secondary N) is 1. The molecule has 3 amide bonds. The maximum atomic E-state index is 12.4. The highest BCUT2D eigenvalue weighted by Crippen LogP contribution is 2.26. The first kappa shape index (κ1) is 19.2. The summed E-state index contributed by atoms with van der Waals surface area (Å²) in [5, 5.41) is 2.97. The Labute approximate surface area is 169 Å². The van der Waals surface area contributed by atoms with Crippen LogP contribution >= 0.6 is 0 Å². The van der Waals surface area contributed by atoms with Gasteiger partial charge in [0.15, 0.2) is 0 Å². The molecule has 0 bridgehead atoms. The number of rotatable bonds is 6. The molecule has 1 aliphatic carbocycles. The fourth-order valence-electron chi connectivity index (χ4n) is 3.97. The lowest BCUT2D eigenvalue weighted by atomic mass is 9.88. The molecular formula is C23H24N2O4. The molecule has 2 aromatic carbocycles. The molecule has 6 heteroatoms. The minimum absolute atomic E-state index is 0.0628. The monoisotopic (exact) mass is 392 g/mol. The summed E-state index contributed by atoms with van der Waals surface area (Å²) in [6.07, 6.45) is 5.32. The third-order valence-electron chi connectivity index (χ3n) is 5.54. The van der Waals surface area contributed by atoms with Gasteiger partial charge >= 0.3 is 0 Å². The third-order valence-corrected chi connectivity index (χ3v) is 5.54. The van der Waals surface area contributed by atoms with Gasteiger partial charge in [-0.15, -0.1) is 0 Å². The molecule has 1 saturated carbocycles. The smallest absolute Gasteiger partial charge is 0.261 e. The molecule has 6 nitrogen and oxygen atoms in total. The highest BCUT2D eigenvalue weighted by molar-refractivity contribution is 6.21. The number of hydrogen-bond donors (Lipinski definition) is 1. The summed E-state index contributed by atoms with van der Waals surface area (Å²) in [5.74, 6) is 0.156. The van der Waals surface area contributed by atoms with Crippen molar-refractivity contribution < 1.29 is 19.1 Å². The van der Waals surface area contributed by atoms with Gasteiger partial charge in [0, 0.05) is 17.7 Å². The molecule has 150 valence electrons. The highest BCUT2D eigenvalue weighted by Gasteiger charge is 2.34. The van der Waals surface area contributed by atoms with E-state index in [1.54, 1.807) is 36.4 Å². The molecule has 2 aromatic rings. The molecule has 1 N–H and O–H groups in total. The number of ether oxygens (including phenoxy) is 1. The van der Waals surface area contributed by atoms with Crippen LogP contribution in [0.25, 0.3) is 0 Å². The summed E-state index contributed by atoms with van der Waals surface area (Å²) in [4.78, 5) is 38.4. The van der Waals surface area contributed by atoms with E-state index in [9.17, 15) is 14.4 Å². The van der Waals surface area contributed by atoms with Crippen LogP contribution < -0.4 is 10.1 Å². The Kier molecular flexibility index (Phi) is 5.60. The molecular weight excluding hydrogens is 368 g/mol. The normalized spacial score (nSPS) is 16.6. The Morgan fingerprint density at radius 2 is 1.66 bits per heavy atom. The van der Waals surface area contributed by atoms with E-state index >= 15 is 0 Å². The highest BCUT2D eigenvalue weighted by atomic mass is 16.5. The summed E-state index contributed by atoms with van der Waals surface area (Å²) in [6.45, 7) is 0.358. The Balaban J connectivity index is 1.32. The largest absolute Gasteiger partial charge is 0.492 e. The molecule has 0 aromatic heterocycles. The first-order valence-corrected chi connectivity index (χ1v) is 10.1. The van der Waals surface area contributed by atoms with Gasteiger partial charge < -0.3 is 10.1 Å². The first-order chi connectivity index (χ1) is 14.1. The van der Waals surface area contributed by atoms with Crippen LogP contribution in [-0.2, 0) is 4.79 Å². The summed E-state index contributed by atoms with van der Waals surface area (Å²) in [6, 6.07) is 14.0. The van der Waals surface area contributed by atoms with Crippen molar-refractivity contribution in [2.75, 3.05) is 18.5 Å².